The van der Waals surface area contributed by atoms with Crippen molar-refractivity contribution < 1.29 is 9.32 Å². The highest BCUT2D eigenvalue weighted by atomic mass is 32.2. The van der Waals surface area contributed by atoms with Gasteiger partial charge in [0.1, 0.15) is 6.54 Å². The molecule has 0 atom stereocenters. The first-order valence-corrected chi connectivity index (χ1v) is 11.1. The van der Waals surface area contributed by atoms with E-state index in [-0.39, 0.29) is 24.2 Å². The summed E-state index contributed by atoms with van der Waals surface area (Å²) in [5.74, 6) is 0.622. The monoisotopic (exact) mass is 437 g/mol. The number of hydrogen-bond donors (Lipinski definition) is 1. The van der Waals surface area contributed by atoms with Gasteiger partial charge in [-0.1, -0.05) is 11.2 Å². The van der Waals surface area contributed by atoms with Crippen molar-refractivity contribution in [3.63, 3.8) is 0 Å². The summed E-state index contributed by atoms with van der Waals surface area (Å²) in [4.78, 5) is 31.3. The van der Waals surface area contributed by atoms with Crippen molar-refractivity contribution >= 4 is 34.4 Å². The van der Waals surface area contributed by atoms with E-state index in [1.807, 2.05) is 62.6 Å². The van der Waals surface area contributed by atoms with Crippen LogP contribution in [0.2, 0.25) is 0 Å². The second kappa shape index (κ2) is 8.43. The molecule has 4 aromatic rings. The van der Waals surface area contributed by atoms with Crippen molar-refractivity contribution in [2.24, 2.45) is 0 Å². The molecule has 1 N–H and O–H groups in total. The van der Waals surface area contributed by atoms with Crippen molar-refractivity contribution in [2.75, 3.05) is 11.6 Å². The van der Waals surface area contributed by atoms with Crippen LogP contribution in [0.4, 0.5) is 5.69 Å². The van der Waals surface area contributed by atoms with E-state index in [1.165, 1.54) is 4.57 Å². The summed E-state index contributed by atoms with van der Waals surface area (Å²) < 4.78 is 8.25. The number of anilines is 1. The zero-order valence-corrected chi connectivity index (χ0v) is 18.6. The van der Waals surface area contributed by atoms with Gasteiger partial charge in [-0.15, -0.1) is 11.8 Å². The Morgan fingerprint density at radius 3 is 2.68 bits per heavy atom. The van der Waals surface area contributed by atoms with Crippen LogP contribution in [0.15, 0.2) is 56.7 Å². The molecule has 0 fully saturated rings. The van der Waals surface area contributed by atoms with Gasteiger partial charge in [0.15, 0.2) is 0 Å². The number of thioether (sulfide) groups is 1. The van der Waals surface area contributed by atoms with Crippen molar-refractivity contribution in [3.05, 3.63) is 58.8 Å². The van der Waals surface area contributed by atoms with Crippen molar-refractivity contribution in [1.82, 2.24) is 19.3 Å². The summed E-state index contributed by atoms with van der Waals surface area (Å²) in [6.07, 6.45) is 1.98. The highest BCUT2D eigenvalue weighted by Gasteiger charge is 2.19. The Kier molecular flexibility index (Phi) is 5.69. The smallest absolute Gasteiger partial charge is 0.329 e. The number of fused-ring (bicyclic) bond motifs is 1. The molecule has 0 bridgehead atoms. The van der Waals surface area contributed by atoms with Gasteiger partial charge in [-0.25, -0.2) is 4.79 Å². The van der Waals surface area contributed by atoms with E-state index in [0.29, 0.717) is 28.5 Å². The molecule has 160 valence electrons. The maximum atomic E-state index is 13.2. The van der Waals surface area contributed by atoms with E-state index in [4.69, 9.17) is 4.52 Å². The maximum absolute atomic E-state index is 13.2. The summed E-state index contributed by atoms with van der Waals surface area (Å²) in [6, 6.07) is 13.1. The van der Waals surface area contributed by atoms with Crippen LogP contribution in [0.25, 0.3) is 22.4 Å². The molecule has 0 unspecified atom stereocenters. The van der Waals surface area contributed by atoms with Gasteiger partial charge >= 0.3 is 5.69 Å². The number of carbonyl (C=O) groups is 1. The highest BCUT2D eigenvalue weighted by molar-refractivity contribution is 7.98. The molecule has 2 aromatic heterocycles. The number of amides is 1. The largest absolute Gasteiger partial charge is 0.339 e. The maximum Gasteiger partial charge on any atom is 0.329 e. The van der Waals surface area contributed by atoms with E-state index in [0.717, 1.165) is 10.4 Å². The number of aromatic nitrogens is 4. The van der Waals surface area contributed by atoms with Crippen LogP contribution in [0.5, 0.6) is 0 Å². The van der Waals surface area contributed by atoms with E-state index in [1.54, 1.807) is 23.3 Å². The lowest BCUT2D eigenvalue weighted by Crippen LogP contribution is -2.30. The third kappa shape index (κ3) is 4.13. The number of carbonyl (C=O) groups excluding carboxylic acids is 1. The van der Waals surface area contributed by atoms with E-state index < -0.39 is 0 Å². The van der Waals surface area contributed by atoms with Gasteiger partial charge in [0.25, 0.3) is 0 Å². The minimum atomic E-state index is -0.274. The van der Waals surface area contributed by atoms with Crippen LogP contribution in [0.1, 0.15) is 25.8 Å². The first-order valence-electron chi connectivity index (χ1n) is 9.86. The van der Waals surface area contributed by atoms with Crippen LogP contribution in [-0.4, -0.2) is 31.4 Å². The number of imidazole rings is 1. The Morgan fingerprint density at radius 1 is 1.19 bits per heavy atom. The molecule has 0 saturated carbocycles. The third-order valence-electron chi connectivity index (χ3n) is 4.92. The predicted octanol–water partition coefficient (Wildman–Crippen LogP) is 4.10. The lowest BCUT2D eigenvalue weighted by atomic mass is 10.2. The fraction of sp³-hybridized carbons (Fsp3) is 0.273. The molecular weight excluding hydrogens is 414 g/mol. The van der Waals surface area contributed by atoms with Crippen LogP contribution in [0.3, 0.4) is 0 Å². The number of aryl methyl sites for hydroxylation is 1. The molecule has 31 heavy (non-hydrogen) atoms. The average Bonchev–Trinajstić information content (AvgIpc) is 3.29. The Hall–Kier alpha value is -3.33. The molecule has 1 amide bonds. The summed E-state index contributed by atoms with van der Waals surface area (Å²) in [6.45, 7) is 5.50. The number of nitrogens with zero attached hydrogens (tertiary/aromatic N) is 4. The van der Waals surface area contributed by atoms with Crippen molar-refractivity contribution in [1.29, 1.82) is 0 Å². The Morgan fingerprint density at radius 2 is 2.00 bits per heavy atom. The number of hydrogen-bond acceptors (Lipinski definition) is 6. The lowest BCUT2D eigenvalue weighted by Gasteiger charge is -2.08. The van der Waals surface area contributed by atoms with Gasteiger partial charge in [0.05, 0.1) is 11.0 Å². The normalized spacial score (nSPS) is 11.4. The zero-order valence-electron chi connectivity index (χ0n) is 17.7. The summed E-state index contributed by atoms with van der Waals surface area (Å²) >= 11 is 1.60. The van der Waals surface area contributed by atoms with E-state index >= 15 is 0 Å². The number of rotatable bonds is 6. The number of nitrogens with one attached hydrogen (secondary N) is 1. The predicted molar refractivity (Wildman–Crippen MR) is 121 cm³/mol. The molecular formula is C22H23N5O3S. The van der Waals surface area contributed by atoms with Crippen molar-refractivity contribution in [3.8, 4) is 11.4 Å². The minimum Gasteiger partial charge on any atom is -0.339 e. The highest BCUT2D eigenvalue weighted by Crippen LogP contribution is 2.24. The first-order chi connectivity index (χ1) is 14.9. The molecule has 0 aliphatic heterocycles. The summed E-state index contributed by atoms with van der Waals surface area (Å²) in [7, 11) is 0. The SMILES string of the molecule is CSc1cccc(NC(=O)Cn2c(=O)n(C(C)C)c3ccc(-c4noc(C)n4)cc32)c1. The molecule has 0 aliphatic rings. The van der Waals surface area contributed by atoms with Gasteiger partial charge in [0, 0.05) is 29.1 Å². The summed E-state index contributed by atoms with van der Waals surface area (Å²) in [5.41, 5.74) is 2.57. The summed E-state index contributed by atoms with van der Waals surface area (Å²) in [5, 5.41) is 6.84. The zero-order chi connectivity index (χ0) is 22.1. The van der Waals surface area contributed by atoms with Gasteiger partial charge in [-0.3, -0.25) is 13.9 Å². The Bertz CT molecular complexity index is 1320. The fourth-order valence-corrected chi connectivity index (χ4v) is 3.99. The molecule has 8 nitrogen and oxygen atoms in total. The number of benzene rings is 2. The molecule has 9 heteroatoms. The quantitative estimate of drug-likeness (QED) is 0.456. The average molecular weight is 438 g/mol. The van der Waals surface area contributed by atoms with Crippen LogP contribution >= 0.6 is 11.8 Å². The molecule has 2 heterocycles. The standard InChI is InChI=1S/C22H23N5O3S/c1-13(2)27-18-9-8-15(21-23-14(3)30-25-21)10-19(18)26(22(27)29)12-20(28)24-16-6-5-7-17(11-16)31-4/h5-11,13H,12H2,1-4H3,(H,24,28). The molecule has 0 spiro atoms. The molecule has 0 radical (unpaired) electrons. The van der Waals surface area contributed by atoms with Crippen LogP contribution < -0.4 is 11.0 Å². The Labute approximate surface area is 183 Å². The molecule has 2 aromatic carbocycles. The Balaban J connectivity index is 1.73. The second-order valence-electron chi connectivity index (χ2n) is 7.45. The first kappa shape index (κ1) is 20.9. The fourth-order valence-electron chi connectivity index (χ4n) is 3.53. The topological polar surface area (TPSA) is 95.0 Å². The van der Waals surface area contributed by atoms with E-state index in [9.17, 15) is 9.59 Å². The van der Waals surface area contributed by atoms with Gasteiger partial charge in [-0.2, -0.15) is 4.98 Å². The van der Waals surface area contributed by atoms with Gasteiger partial charge in [-0.05, 0) is 56.5 Å². The minimum absolute atomic E-state index is 0.0594. The molecule has 0 saturated heterocycles. The van der Waals surface area contributed by atoms with Crippen LogP contribution in [0, 0.1) is 6.92 Å². The van der Waals surface area contributed by atoms with E-state index in [2.05, 4.69) is 15.5 Å². The molecule has 4 rings (SSSR count). The lowest BCUT2D eigenvalue weighted by molar-refractivity contribution is -0.116. The molecule has 0 aliphatic carbocycles. The van der Waals surface area contributed by atoms with Crippen molar-refractivity contribution in [2.45, 2.75) is 38.3 Å². The van der Waals surface area contributed by atoms with Crippen LogP contribution in [-0.2, 0) is 11.3 Å². The second-order valence-corrected chi connectivity index (χ2v) is 8.33. The van der Waals surface area contributed by atoms with Gasteiger partial charge in [0.2, 0.25) is 17.6 Å². The van der Waals surface area contributed by atoms with Gasteiger partial charge < -0.3 is 9.84 Å². The third-order valence-corrected chi connectivity index (χ3v) is 5.65.